The van der Waals surface area contributed by atoms with Gasteiger partial charge in [-0.25, -0.2) is 0 Å². The summed E-state index contributed by atoms with van der Waals surface area (Å²) in [7, 11) is 0. The highest BCUT2D eigenvalue weighted by Crippen LogP contribution is 2.14. The van der Waals surface area contributed by atoms with Crippen LogP contribution in [0.4, 0.5) is 0 Å². The molecule has 1 atom stereocenters. The largest absolute Gasteiger partial charge is 0.379 e. The van der Waals surface area contributed by atoms with Crippen molar-refractivity contribution in [2.75, 3.05) is 32.8 Å². The molecule has 0 bridgehead atoms. The number of hydrogen-bond donors (Lipinski definition) is 0. The van der Waals surface area contributed by atoms with Gasteiger partial charge in [0.15, 0.2) is 0 Å². The third kappa shape index (κ3) is 4.10. The summed E-state index contributed by atoms with van der Waals surface area (Å²) in [6, 6.07) is 0. The summed E-state index contributed by atoms with van der Waals surface area (Å²) in [6.45, 7) is 12.3. The average molecular weight is 185 g/mol. The second-order valence-corrected chi connectivity index (χ2v) is 4.46. The second-order valence-electron chi connectivity index (χ2n) is 4.46. The lowest BCUT2D eigenvalue weighted by Crippen LogP contribution is -2.37. The monoisotopic (exact) mass is 185 g/mol. The summed E-state index contributed by atoms with van der Waals surface area (Å²) >= 11 is 0. The van der Waals surface area contributed by atoms with Gasteiger partial charge in [0.25, 0.3) is 0 Å². The lowest BCUT2D eigenvalue weighted by Gasteiger charge is -2.28. The van der Waals surface area contributed by atoms with Crippen molar-refractivity contribution < 1.29 is 4.74 Å². The number of morpholine rings is 1. The molecule has 1 aliphatic heterocycles. The molecule has 0 aromatic rings. The molecule has 0 amide bonds. The van der Waals surface area contributed by atoms with E-state index in [1.54, 1.807) is 0 Å². The van der Waals surface area contributed by atoms with E-state index < -0.39 is 0 Å². The minimum atomic E-state index is 0.820. The minimum Gasteiger partial charge on any atom is -0.379 e. The van der Waals surface area contributed by atoms with Crippen LogP contribution in [0.2, 0.25) is 0 Å². The molecule has 1 aliphatic rings. The van der Waals surface area contributed by atoms with Crippen LogP contribution in [0, 0.1) is 11.8 Å². The Morgan fingerprint density at radius 2 is 1.77 bits per heavy atom. The van der Waals surface area contributed by atoms with Crippen molar-refractivity contribution in [3.05, 3.63) is 0 Å². The highest BCUT2D eigenvalue weighted by atomic mass is 16.5. The normalized spacial score (nSPS) is 22.2. The number of rotatable bonds is 4. The van der Waals surface area contributed by atoms with E-state index >= 15 is 0 Å². The highest BCUT2D eigenvalue weighted by Gasteiger charge is 2.12. The summed E-state index contributed by atoms with van der Waals surface area (Å²) in [5.41, 5.74) is 0. The fourth-order valence-corrected chi connectivity index (χ4v) is 1.54. The van der Waals surface area contributed by atoms with Crippen molar-refractivity contribution >= 4 is 0 Å². The standard InChI is InChI=1S/C11H23NO/c1-10(2)11(3)4-5-12-6-8-13-9-7-12/h10-11H,4-9H2,1-3H3. The summed E-state index contributed by atoms with van der Waals surface area (Å²) in [6.07, 6.45) is 1.33. The van der Waals surface area contributed by atoms with Crippen LogP contribution in [0.15, 0.2) is 0 Å². The van der Waals surface area contributed by atoms with E-state index in [-0.39, 0.29) is 0 Å². The third-order valence-corrected chi connectivity index (χ3v) is 3.14. The van der Waals surface area contributed by atoms with Crippen molar-refractivity contribution in [3.8, 4) is 0 Å². The van der Waals surface area contributed by atoms with Gasteiger partial charge in [0, 0.05) is 13.1 Å². The lowest BCUT2D eigenvalue weighted by molar-refractivity contribution is 0.0348. The second kappa shape index (κ2) is 5.61. The molecule has 0 aromatic carbocycles. The Hall–Kier alpha value is -0.0800. The molecule has 78 valence electrons. The molecule has 1 unspecified atom stereocenters. The molecular formula is C11H23NO. The van der Waals surface area contributed by atoms with E-state index in [0.29, 0.717) is 0 Å². The smallest absolute Gasteiger partial charge is 0.0594 e. The zero-order valence-electron chi connectivity index (χ0n) is 9.25. The zero-order chi connectivity index (χ0) is 9.68. The molecule has 1 saturated heterocycles. The third-order valence-electron chi connectivity index (χ3n) is 3.14. The van der Waals surface area contributed by atoms with Gasteiger partial charge in [-0.1, -0.05) is 20.8 Å². The van der Waals surface area contributed by atoms with E-state index in [9.17, 15) is 0 Å². The van der Waals surface area contributed by atoms with E-state index in [4.69, 9.17) is 4.74 Å². The van der Waals surface area contributed by atoms with Crippen molar-refractivity contribution in [1.29, 1.82) is 0 Å². The molecule has 1 heterocycles. The fourth-order valence-electron chi connectivity index (χ4n) is 1.54. The zero-order valence-corrected chi connectivity index (χ0v) is 9.25. The number of nitrogens with zero attached hydrogens (tertiary/aromatic N) is 1. The molecular weight excluding hydrogens is 162 g/mol. The molecule has 0 saturated carbocycles. The Morgan fingerprint density at radius 1 is 1.15 bits per heavy atom. The maximum Gasteiger partial charge on any atom is 0.0594 e. The van der Waals surface area contributed by atoms with E-state index in [1.165, 1.54) is 13.0 Å². The maximum atomic E-state index is 5.31. The fraction of sp³-hybridized carbons (Fsp3) is 1.00. The molecule has 2 nitrogen and oxygen atoms in total. The van der Waals surface area contributed by atoms with E-state index in [0.717, 1.165) is 38.1 Å². The first kappa shape index (κ1) is 11.0. The van der Waals surface area contributed by atoms with Crippen LogP contribution >= 0.6 is 0 Å². The van der Waals surface area contributed by atoms with Crippen LogP contribution in [0.5, 0.6) is 0 Å². The molecule has 1 rings (SSSR count). The molecule has 2 heteroatoms. The summed E-state index contributed by atoms with van der Waals surface area (Å²) in [5.74, 6) is 1.67. The topological polar surface area (TPSA) is 12.5 Å². The average Bonchev–Trinajstić information content (AvgIpc) is 2.15. The molecule has 13 heavy (non-hydrogen) atoms. The van der Waals surface area contributed by atoms with Crippen LogP contribution in [0.1, 0.15) is 27.2 Å². The number of ether oxygens (including phenoxy) is 1. The van der Waals surface area contributed by atoms with Gasteiger partial charge >= 0.3 is 0 Å². The Bertz CT molecular complexity index is 130. The molecule has 0 aromatic heterocycles. The van der Waals surface area contributed by atoms with Gasteiger partial charge in [-0.15, -0.1) is 0 Å². The maximum absolute atomic E-state index is 5.31. The van der Waals surface area contributed by atoms with Crippen molar-refractivity contribution in [1.82, 2.24) is 4.90 Å². The molecule has 1 fully saturated rings. The van der Waals surface area contributed by atoms with Gasteiger partial charge in [0.2, 0.25) is 0 Å². The first-order valence-electron chi connectivity index (χ1n) is 5.50. The van der Waals surface area contributed by atoms with E-state index in [2.05, 4.69) is 25.7 Å². The van der Waals surface area contributed by atoms with Crippen molar-refractivity contribution in [2.45, 2.75) is 27.2 Å². The number of hydrogen-bond acceptors (Lipinski definition) is 2. The van der Waals surface area contributed by atoms with Crippen LogP contribution in [0.3, 0.4) is 0 Å². The first-order chi connectivity index (χ1) is 6.20. The highest BCUT2D eigenvalue weighted by molar-refractivity contribution is 4.65. The Kier molecular flexibility index (Phi) is 4.74. The Morgan fingerprint density at radius 3 is 2.31 bits per heavy atom. The van der Waals surface area contributed by atoms with Crippen molar-refractivity contribution in [2.24, 2.45) is 11.8 Å². The van der Waals surface area contributed by atoms with Crippen LogP contribution in [-0.4, -0.2) is 37.7 Å². The van der Waals surface area contributed by atoms with Gasteiger partial charge in [-0.05, 0) is 24.8 Å². The SMILES string of the molecule is CC(C)C(C)CCN1CCOCC1. The predicted molar refractivity (Wildman–Crippen MR) is 55.9 cm³/mol. The van der Waals surface area contributed by atoms with Crippen LogP contribution in [0.25, 0.3) is 0 Å². The molecule has 0 radical (unpaired) electrons. The van der Waals surface area contributed by atoms with Gasteiger partial charge in [-0.3, -0.25) is 4.90 Å². The first-order valence-corrected chi connectivity index (χ1v) is 5.50. The summed E-state index contributed by atoms with van der Waals surface area (Å²) in [4.78, 5) is 2.52. The molecule has 0 aliphatic carbocycles. The van der Waals surface area contributed by atoms with E-state index in [1.807, 2.05) is 0 Å². The molecule has 0 spiro atoms. The summed E-state index contributed by atoms with van der Waals surface area (Å²) < 4.78 is 5.31. The summed E-state index contributed by atoms with van der Waals surface area (Å²) in [5, 5.41) is 0. The van der Waals surface area contributed by atoms with Crippen molar-refractivity contribution in [3.63, 3.8) is 0 Å². The van der Waals surface area contributed by atoms with Gasteiger partial charge < -0.3 is 4.74 Å². The van der Waals surface area contributed by atoms with Crippen LogP contribution < -0.4 is 0 Å². The van der Waals surface area contributed by atoms with Gasteiger partial charge in [-0.2, -0.15) is 0 Å². The Balaban J connectivity index is 2.10. The molecule has 0 N–H and O–H groups in total. The predicted octanol–water partition coefficient (Wildman–Crippen LogP) is 2.00. The van der Waals surface area contributed by atoms with Gasteiger partial charge in [0.1, 0.15) is 0 Å². The minimum absolute atomic E-state index is 0.820. The van der Waals surface area contributed by atoms with Crippen LogP contribution in [-0.2, 0) is 4.74 Å². The Labute approximate surface area is 82.3 Å². The lowest BCUT2D eigenvalue weighted by atomic mass is 9.94. The quantitative estimate of drug-likeness (QED) is 0.664. The van der Waals surface area contributed by atoms with Gasteiger partial charge in [0.05, 0.1) is 13.2 Å².